The molecule has 1 aliphatic heterocycles. The summed E-state index contributed by atoms with van der Waals surface area (Å²) in [5.41, 5.74) is 1.59. The van der Waals surface area contributed by atoms with Gasteiger partial charge in [0.1, 0.15) is 0 Å². The number of hydrogen-bond donors (Lipinski definition) is 0. The third-order valence-electron chi connectivity index (χ3n) is 4.17. The van der Waals surface area contributed by atoms with Crippen LogP contribution >= 0.6 is 0 Å². The van der Waals surface area contributed by atoms with Gasteiger partial charge in [-0.25, -0.2) is 0 Å². The minimum atomic E-state index is 0.528. The van der Waals surface area contributed by atoms with Gasteiger partial charge in [0.2, 0.25) is 5.39 Å². The fraction of sp³-hybridized carbons (Fsp3) is 0.667. The predicted molar refractivity (Wildman–Crippen MR) is 93.1 cm³/mol. The van der Waals surface area contributed by atoms with E-state index in [1.807, 2.05) is 18.2 Å². The molecule has 1 heterocycles. The quantitative estimate of drug-likeness (QED) is 0.487. The first-order valence-corrected chi connectivity index (χ1v) is 8.79. The average Bonchev–Trinajstić information content (AvgIpc) is 2.61. The highest BCUT2D eigenvalue weighted by Gasteiger charge is 2.19. The lowest BCUT2D eigenvalue weighted by Gasteiger charge is -2.30. The average molecular weight is 318 g/mol. The molecule has 0 saturated carbocycles. The lowest BCUT2D eigenvalue weighted by atomic mass is 10.1. The Morgan fingerprint density at radius 2 is 1.87 bits per heavy atom. The van der Waals surface area contributed by atoms with Crippen molar-refractivity contribution >= 4 is 11.4 Å². The van der Waals surface area contributed by atoms with Crippen LogP contribution in [-0.4, -0.2) is 32.9 Å². The van der Waals surface area contributed by atoms with Gasteiger partial charge >= 0.3 is 5.69 Å². The van der Waals surface area contributed by atoms with Crippen molar-refractivity contribution in [3.05, 3.63) is 23.2 Å². The molecule has 0 radical (unpaired) electrons. The van der Waals surface area contributed by atoms with Gasteiger partial charge in [0.15, 0.2) is 10.7 Å². The standard InChI is InChI=1S/C18H28N3O2/c1-2-3-4-5-6-7-12-23-18-15-16(20-19)8-9-17(18)21-10-13-22-14-11-21/h8-9,15H,2-7,10-14H2,1H3/q+1. The van der Waals surface area contributed by atoms with Crippen LogP contribution in [0.15, 0.2) is 18.2 Å². The van der Waals surface area contributed by atoms with Crippen molar-refractivity contribution in [3.8, 4) is 5.75 Å². The molecule has 0 unspecified atom stereocenters. The van der Waals surface area contributed by atoms with Crippen molar-refractivity contribution in [2.45, 2.75) is 45.4 Å². The molecule has 1 saturated heterocycles. The smallest absolute Gasteiger partial charge is 0.388 e. The van der Waals surface area contributed by atoms with Crippen LogP contribution in [0.1, 0.15) is 45.4 Å². The van der Waals surface area contributed by atoms with E-state index in [1.165, 1.54) is 32.1 Å². The molecule has 5 nitrogen and oxygen atoms in total. The van der Waals surface area contributed by atoms with Crippen molar-refractivity contribution in [1.29, 1.82) is 5.39 Å². The van der Waals surface area contributed by atoms with E-state index in [0.29, 0.717) is 12.3 Å². The number of hydrogen-bond acceptors (Lipinski definition) is 4. The summed E-state index contributed by atoms with van der Waals surface area (Å²) in [6.07, 6.45) is 7.45. The Balaban J connectivity index is 1.88. The van der Waals surface area contributed by atoms with Crippen LogP contribution in [0.3, 0.4) is 0 Å². The Bertz CT molecular complexity index is 507. The number of unbranched alkanes of at least 4 members (excludes halogenated alkanes) is 5. The molecule has 23 heavy (non-hydrogen) atoms. The van der Waals surface area contributed by atoms with E-state index in [-0.39, 0.29) is 0 Å². The van der Waals surface area contributed by atoms with Crippen LogP contribution in [-0.2, 0) is 4.74 Å². The number of diazo groups is 1. The number of anilines is 1. The lowest BCUT2D eigenvalue weighted by molar-refractivity contribution is 0.122. The van der Waals surface area contributed by atoms with Crippen molar-refractivity contribution in [1.82, 2.24) is 0 Å². The van der Waals surface area contributed by atoms with E-state index in [4.69, 9.17) is 14.9 Å². The summed E-state index contributed by atoms with van der Waals surface area (Å²) in [5.74, 6) is 0.802. The maximum absolute atomic E-state index is 8.99. The van der Waals surface area contributed by atoms with Crippen molar-refractivity contribution in [2.75, 3.05) is 37.8 Å². The number of ether oxygens (including phenoxy) is 2. The highest BCUT2D eigenvalue weighted by molar-refractivity contribution is 5.65. The van der Waals surface area contributed by atoms with E-state index >= 15 is 0 Å². The molecule has 1 aromatic carbocycles. The highest BCUT2D eigenvalue weighted by atomic mass is 16.5. The number of nitrogens with zero attached hydrogens (tertiary/aromatic N) is 3. The third kappa shape index (κ3) is 5.72. The van der Waals surface area contributed by atoms with Gasteiger partial charge in [-0.1, -0.05) is 39.0 Å². The van der Waals surface area contributed by atoms with Crippen LogP contribution in [0.5, 0.6) is 5.75 Å². The normalized spacial score (nSPS) is 14.5. The number of rotatable bonds is 9. The van der Waals surface area contributed by atoms with Gasteiger partial charge in [0, 0.05) is 19.2 Å². The van der Waals surface area contributed by atoms with Crippen molar-refractivity contribution in [2.24, 2.45) is 0 Å². The first-order chi connectivity index (χ1) is 11.3. The van der Waals surface area contributed by atoms with Crippen LogP contribution in [0.25, 0.3) is 4.98 Å². The first kappa shape index (κ1) is 17.6. The maximum atomic E-state index is 8.99. The molecule has 0 bridgehead atoms. The molecule has 0 aromatic heterocycles. The van der Waals surface area contributed by atoms with Crippen LogP contribution in [0.4, 0.5) is 11.4 Å². The minimum absolute atomic E-state index is 0.528. The van der Waals surface area contributed by atoms with Crippen LogP contribution < -0.4 is 9.64 Å². The van der Waals surface area contributed by atoms with Gasteiger partial charge in [-0.3, -0.25) is 0 Å². The summed E-state index contributed by atoms with van der Waals surface area (Å²) in [4.78, 5) is 5.54. The maximum Gasteiger partial charge on any atom is 0.388 e. The van der Waals surface area contributed by atoms with E-state index < -0.39 is 0 Å². The molecule has 0 spiro atoms. The fourth-order valence-corrected chi connectivity index (χ4v) is 2.81. The molecule has 2 rings (SSSR count). The Morgan fingerprint density at radius 3 is 2.61 bits per heavy atom. The van der Waals surface area contributed by atoms with Gasteiger partial charge < -0.3 is 14.4 Å². The molecule has 126 valence electrons. The molecule has 1 aliphatic rings. The Morgan fingerprint density at radius 1 is 1.13 bits per heavy atom. The Hall–Kier alpha value is -1.80. The van der Waals surface area contributed by atoms with Crippen molar-refractivity contribution < 1.29 is 9.47 Å². The van der Waals surface area contributed by atoms with Crippen molar-refractivity contribution in [3.63, 3.8) is 0 Å². The molecule has 0 aliphatic carbocycles. The molecule has 5 heteroatoms. The summed E-state index contributed by atoms with van der Waals surface area (Å²) < 4.78 is 11.4. The van der Waals surface area contributed by atoms with Gasteiger partial charge in [-0.15, -0.1) is 0 Å². The topological polar surface area (TPSA) is 49.8 Å². The summed E-state index contributed by atoms with van der Waals surface area (Å²) in [6, 6.07) is 5.58. The second-order valence-electron chi connectivity index (χ2n) is 5.97. The third-order valence-corrected chi connectivity index (χ3v) is 4.17. The summed E-state index contributed by atoms with van der Waals surface area (Å²) >= 11 is 0. The summed E-state index contributed by atoms with van der Waals surface area (Å²) in [6.45, 7) is 6.14. The van der Waals surface area contributed by atoms with Gasteiger partial charge in [0.05, 0.1) is 31.6 Å². The number of benzene rings is 1. The first-order valence-electron chi connectivity index (χ1n) is 8.79. The molecule has 0 atom stereocenters. The molecular formula is C18H28N3O2+. The lowest BCUT2D eigenvalue weighted by Crippen LogP contribution is -2.36. The number of morpholine rings is 1. The minimum Gasteiger partial charge on any atom is -0.491 e. The highest BCUT2D eigenvalue weighted by Crippen LogP contribution is 2.33. The van der Waals surface area contributed by atoms with E-state index in [1.54, 1.807) is 0 Å². The zero-order valence-electron chi connectivity index (χ0n) is 14.2. The van der Waals surface area contributed by atoms with E-state index in [2.05, 4.69) is 16.8 Å². The largest absolute Gasteiger partial charge is 0.491 e. The van der Waals surface area contributed by atoms with E-state index in [0.717, 1.165) is 44.2 Å². The van der Waals surface area contributed by atoms with Gasteiger partial charge in [-0.2, -0.15) is 0 Å². The van der Waals surface area contributed by atoms with Gasteiger partial charge in [-0.05, 0) is 12.5 Å². The molecule has 1 fully saturated rings. The fourth-order valence-electron chi connectivity index (χ4n) is 2.81. The summed E-state index contributed by atoms with van der Waals surface area (Å²) in [7, 11) is 0. The Labute approximate surface area is 139 Å². The predicted octanol–water partition coefficient (Wildman–Crippen LogP) is 4.75. The Kier molecular flexibility index (Phi) is 7.68. The molecule has 0 N–H and O–H groups in total. The molecule has 1 aromatic rings. The molecular weight excluding hydrogens is 290 g/mol. The zero-order chi connectivity index (χ0) is 16.3. The van der Waals surface area contributed by atoms with Crippen LogP contribution in [0.2, 0.25) is 0 Å². The second kappa shape index (κ2) is 10.1. The second-order valence-corrected chi connectivity index (χ2v) is 5.97. The summed E-state index contributed by atoms with van der Waals surface area (Å²) in [5, 5.41) is 8.99. The SMILES string of the molecule is CCCCCCCCOc1cc([N+]#N)ccc1N1CCOCC1. The van der Waals surface area contributed by atoms with E-state index in [9.17, 15) is 0 Å². The zero-order valence-corrected chi connectivity index (χ0v) is 14.2. The van der Waals surface area contributed by atoms with Gasteiger partial charge in [0.25, 0.3) is 0 Å². The monoisotopic (exact) mass is 318 g/mol. The molecule has 0 amide bonds. The van der Waals surface area contributed by atoms with Crippen LogP contribution in [0, 0.1) is 5.39 Å².